The Labute approximate surface area is 116 Å². The Morgan fingerprint density at radius 1 is 1.32 bits per heavy atom. The van der Waals surface area contributed by atoms with E-state index in [4.69, 9.17) is 11.6 Å². The summed E-state index contributed by atoms with van der Waals surface area (Å²) < 4.78 is 0. The molecule has 0 unspecified atom stereocenters. The second-order valence-corrected chi connectivity index (χ2v) is 4.79. The van der Waals surface area contributed by atoms with Crippen molar-refractivity contribution >= 4 is 23.4 Å². The van der Waals surface area contributed by atoms with Crippen molar-refractivity contribution in [3.63, 3.8) is 0 Å². The highest BCUT2D eigenvalue weighted by Crippen LogP contribution is 2.10. The van der Waals surface area contributed by atoms with Gasteiger partial charge in [-0.05, 0) is 17.7 Å². The van der Waals surface area contributed by atoms with Crippen molar-refractivity contribution in [1.29, 1.82) is 0 Å². The molecule has 2 N–H and O–H groups in total. The first-order valence-electron chi connectivity index (χ1n) is 6.19. The average Bonchev–Trinajstić information content (AvgIpc) is 2.45. The van der Waals surface area contributed by atoms with Gasteiger partial charge in [-0.2, -0.15) is 0 Å². The Morgan fingerprint density at radius 2 is 2.05 bits per heavy atom. The van der Waals surface area contributed by atoms with E-state index in [0.717, 1.165) is 18.7 Å². The zero-order valence-corrected chi connectivity index (χ0v) is 11.2. The van der Waals surface area contributed by atoms with Crippen LogP contribution in [0.15, 0.2) is 24.3 Å². The molecule has 1 aromatic rings. The first-order chi connectivity index (χ1) is 9.16. The van der Waals surface area contributed by atoms with Crippen molar-refractivity contribution < 1.29 is 9.59 Å². The van der Waals surface area contributed by atoms with E-state index in [2.05, 4.69) is 10.6 Å². The van der Waals surface area contributed by atoms with Gasteiger partial charge in [0.15, 0.2) is 0 Å². The molecule has 1 heterocycles. The van der Waals surface area contributed by atoms with Crippen molar-refractivity contribution in [2.45, 2.75) is 6.54 Å². The Balaban J connectivity index is 1.85. The molecule has 0 saturated carbocycles. The maximum Gasteiger partial charge on any atom is 0.311 e. The van der Waals surface area contributed by atoms with Crippen LogP contribution in [0.1, 0.15) is 5.56 Å². The van der Waals surface area contributed by atoms with Crippen LogP contribution in [0.4, 0.5) is 0 Å². The minimum atomic E-state index is -0.568. The second kappa shape index (κ2) is 6.54. The Hall–Kier alpha value is -1.59. The van der Waals surface area contributed by atoms with Crippen molar-refractivity contribution in [2.24, 2.45) is 0 Å². The summed E-state index contributed by atoms with van der Waals surface area (Å²) in [7, 11) is 0. The van der Waals surface area contributed by atoms with Crippen LogP contribution in [0.2, 0.25) is 5.02 Å². The van der Waals surface area contributed by atoms with Gasteiger partial charge >= 0.3 is 11.8 Å². The number of amides is 2. The molecule has 0 aromatic heterocycles. The van der Waals surface area contributed by atoms with E-state index in [1.54, 1.807) is 17.0 Å². The van der Waals surface area contributed by atoms with Crippen molar-refractivity contribution in [3.05, 3.63) is 34.9 Å². The predicted molar refractivity (Wildman–Crippen MR) is 72.7 cm³/mol. The summed E-state index contributed by atoms with van der Waals surface area (Å²) in [5, 5.41) is 6.36. The van der Waals surface area contributed by atoms with Gasteiger partial charge < -0.3 is 15.5 Å². The first kappa shape index (κ1) is 13.8. The van der Waals surface area contributed by atoms with Crippen LogP contribution in [-0.2, 0) is 16.1 Å². The highest BCUT2D eigenvalue weighted by Gasteiger charge is 2.22. The van der Waals surface area contributed by atoms with Crippen LogP contribution in [0.5, 0.6) is 0 Å². The number of rotatable bonds is 2. The van der Waals surface area contributed by atoms with Gasteiger partial charge in [0.05, 0.1) is 0 Å². The van der Waals surface area contributed by atoms with Crippen molar-refractivity contribution in [3.8, 4) is 0 Å². The summed E-state index contributed by atoms with van der Waals surface area (Å²) >= 11 is 5.85. The Morgan fingerprint density at radius 3 is 2.74 bits per heavy atom. The number of carbonyl (C=O) groups excluding carboxylic acids is 2. The maximum absolute atomic E-state index is 11.8. The van der Waals surface area contributed by atoms with Gasteiger partial charge in [-0.1, -0.05) is 23.7 Å². The van der Waals surface area contributed by atoms with Gasteiger partial charge in [0.1, 0.15) is 0 Å². The standard InChI is InChI=1S/C13H16ClN3O2/c14-11-3-1-2-10(8-11)9-16-12(18)13(19)17-6-4-15-5-7-17/h1-3,8,15H,4-7,9H2,(H,16,18). The zero-order valence-electron chi connectivity index (χ0n) is 10.5. The van der Waals surface area contributed by atoms with E-state index < -0.39 is 11.8 Å². The fourth-order valence-electron chi connectivity index (χ4n) is 1.92. The van der Waals surface area contributed by atoms with Crippen LogP contribution in [0, 0.1) is 0 Å². The minimum Gasteiger partial charge on any atom is -0.344 e. The summed E-state index contributed by atoms with van der Waals surface area (Å²) in [6, 6.07) is 7.18. The maximum atomic E-state index is 11.8. The summed E-state index contributed by atoms with van der Waals surface area (Å²) in [6.07, 6.45) is 0. The molecule has 19 heavy (non-hydrogen) atoms. The molecule has 0 atom stereocenters. The molecule has 1 saturated heterocycles. The molecule has 5 nitrogen and oxygen atoms in total. The topological polar surface area (TPSA) is 61.4 Å². The van der Waals surface area contributed by atoms with Crippen LogP contribution in [-0.4, -0.2) is 42.9 Å². The third kappa shape index (κ3) is 3.94. The molecule has 2 amide bonds. The first-order valence-corrected chi connectivity index (χ1v) is 6.57. The fraction of sp³-hybridized carbons (Fsp3) is 0.385. The van der Waals surface area contributed by atoms with Crippen LogP contribution in [0.3, 0.4) is 0 Å². The summed E-state index contributed by atoms with van der Waals surface area (Å²) in [5.41, 5.74) is 0.869. The molecular formula is C13H16ClN3O2. The van der Waals surface area contributed by atoms with E-state index in [0.29, 0.717) is 24.7 Å². The molecule has 1 fully saturated rings. The lowest BCUT2D eigenvalue weighted by Gasteiger charge is -2.26. The molecule has 0 radical (unpaired) electrons. The molecule has 102 valence electrons. The predicted octanol–water partition coefficient (Wildman–Crippen LogP) is 0.388. The van der Waals surface area contributed by atoms with Gasteiger partial charge in [0.2, 0.25) is 0 Å². The number of nitrogens with one attached hydrogen (secondary N) is 2. The fourth-order valence-corrected chi connectivity index (χ4v) is 2.13. The summed E-state index contributed by atoms with van der Waals surface area (Å²) in [6.45, 7) is 2.91. The number of carbonyl (C=O) groups is 2. The lowest BCUT2D eigenvalue weighted by Crippen LogP contribution is -2.51. The minimum absolute atomic E-state index is 0.303. The third-order valence-corrected chi connectivity index (χ3v) is 3.18. The number of halogens is 1. The number of hydrogen-bond acceptors (Lipinski definition) is 3. The van der Waals surface area contributed by atoms with E-state index >= 15 is 0 Å². The zero-order chi connectivity index (χ0) is 13.7. The lowest BCUT2D eigenvalue weighted by atomic mass is 10.2. The van der Waals surface area contributed by atoms with Crippen molar-refractivity contribution in [1.82, 2.24) is 15.5 Å². The van der Waals surface area contributed by atoms with Crippen LogP contribution >= 0.6 is 11.6 Å². The highest BCUT2D eigenvalue weighted by atomic mass is 35.5. The monoisotopic (exact) mass is 281 g/mol. The molecular weight excluding hydrogens is 266 g/mol. The molecule has 0 bridgehead atoms. The molecule has 2 rings (SSSR count). The number of hydrogen-bond donors (Lipinski definition) is 2. The van der Waals surface area contributed by atoms with Gasteiger partial charge in [-0.3, -0.25) is 9.59 Å². The number of piperazine rings is 1. The van der Waals surface area contributed by atoms with Gasteiger partial charge in [-0.15, -0.1) is 0 Å². The molecule has 0 spiro atoms. The van der Waals surface area contributed by atoms with E-state index in [1.165, 1.54) is 0 Å². The Bertz CT molecular complexity index is 473. The van der Waals surface area contributed by atoms with E-state index in [9.17, 15) is 9.59 Å². The number of benzene rings is 1. The molecule has 6 heteroatoms. The van der Waals surface area contributed by atoms with E-state index in [-0.39, 0.29) is 0 Å². The van der Waals surface area contributed by atoms with Gasteiger partial charge in [0, 0.05) is 37.7 Å². The lowest BCUT2D eigenvalue weighted by molar-refractivity contribution is -0.146. The van der Waals surface area contributed by atoms with Crippen LogP contribution in [0.25, 0.3) is 0 Å². The van der Waals surface area contributed by atoms with Crippen LogP contribution < -0.4 is 10.6 Å². The van der Waals surface area contributed by atoms with Crippen molar-refractivity contribution in [2.75, 3.05) is 26.2 Å². The molecule has 1 aromatic carbocycles. The van der Waals surface area contributed by atoms with Gasteiger partial charge in [0.25, 0.3) is 0 Å². The SMILES string of the molecule is O=C(NCc1cccc(Cl)c1)C(=O)N1CCNCC1. The quantitative estimate of drug-likeness (QED) is 0.771. The molecule has 1 aliphatic rings. The molecule has 1 aliphatic heterocycles. The largest absolute Gasteiger partial charge is 0.344 e. The third-order valence-electron chi connectivity index (χ3n) is 2.94. The second-order valence-electron chi connectivity index (χ2n) is 4.35. The van der Waals surface area contributed by atoms with Gasteiger partial charge in [-0.25, -0.2) is 0 Å². The number of nitrogens with zero attached hydrogens (tertiary/aromatic N) is 1. The summed E-state index contributed by atoms with van der Waals surface area (Å²) in [5.74, 6) is -1.04. The normalized spacial score (nSPS) is 15.1. The highest BCUT2D eigenvalue weighted by molar-refractivity contribution is 6.35. The van der Waals surface area contributed by atoms with E-state index in [1.807, 2.05) is 12.1 Å². The summed E-state index contributed by atoms with van der Waals surface area (Å²) in [4.78, 5) is 25.2. The average molecular weight is 282 g/mol. The Kier molecular flexibility index (Phi) is 4.76. The smallest absolute Gasteiger partial charge is 0.311 e. The molecule has 0 aliphatic carbocycles.